The van der Waals surface area contributed by atoms with Crippen molar-refractivity contribution >= 4 is 16.9 Å². The molecule has 0 saturated carbocycles. The molecule has 3 rings (SSSR count). The average Bonchev–Trinajstić information content (AvgIpc) is 2.86. The van der Waals surface area contributed by atoms with Gasteiger partial charge in [-0.05, 0) is 30.7 Å². The second kappa shape index (κ2) is 6.48. The van der Waals surface area contributed by atoms with Crippen LogP contribution in [0.3, 0.4) is 0 Å². The van der Waals surface area contributed by atoms with Crippen molar-refractivity contribution in [1.29, 1.82) is 0 Å². The summed E-state index contributed by atoms with van der Waals surface area (Å²) in [5.74, 6) is -0.897. The molecule has 1 aromatic carbocycles. The van der Waals surface area contributed by atoms with Crippen LogP contribution in [0.5, 0.6) is 0 Å². The Morgan fingerprint density at radius 3 is 2.76 bits per heavy atom. The van der Waals surface area contributed by atoms with E-state index in [9.17, 15) is 19.1 Å². The zero-order chi connectivity index (χ0) is 18.1. The number of aromatic amines is 1. The van der Waals surface area contributed by atoms with Gasteiger partial charge in [0.25, 0.3) is 11.5 Å². The summed E-state index contributed by atoms with van der Waals surface area (Å²) in [5, 5.41) is 15.5. The lowest BCUT2D eigenvalue weighted by molar-refractivity contribution is 0.0917. The van der Waals surface area contributed by atoms with E-state index in [1.165, 1.54) is 35.0 Å². The summed E-state index contributed by atoms with van der Waals surface area (Å²) < 4.78 is 14.4. The minimum atomic E-state index is -0.989. The smallest absolute Gasteiger partial charge is 0.274 e. The summed E-state index contributed by atoms with van der Waals surface area (Å²) in [7, 11) is 1.64. The van der Waals surface area contributed by atoms with Gasteiger partial charge in [0, 0.05) is 19.3 Å². The van der Waals surface area contributed by atoms with Crippen molar-refractivity contribution in [3.05, 3.63) is 63.3 Å². The molecule has 2 heterocycles. The number of aryl methyl sites for hydroxylation is 2. The number of carbonyl (C=O) groups is 1. The summed E-state index contributed by atoms with van der Waals surface area (Å²) in [6.07, 6.45) is -0.989. The van der Waals surface area contributed by atoms with Crippen molar-refractivity contribution < 1.29 is 14.3 Å². The largest absolute Gasteiger partial charge is 0.387 e. The van der Waals surface area contributed by atoms with E-state index >= 15 is 0 Å². The number of benzene rings is 1. The van der Waals surface area contributed by atoms with Crippen LogP contribution in [0.15, 0.2) is 35.1 Å². The molecule has 0 saturated heterocycles. The number of nitrogens with zero attached hydrogens (tertiary/aromatic N) is 2. The van der Waals surface area contributed by atoms with Gasteiger partial charge < -0.3 is 10.4 Å². The molecule has 0 aliphatic rings. The first-order valence-electron chi connectivity index (χ1n) is 7.65. The summed E-state index contributed by atoms with van der Waals surface area (Å²) in [6.45, 7) is 1.65. The predicted molar refractivity (Wildman–Crippen MR) is 89.8 cm³/mol. The molecule has 0 radical (unpaired) electrons. The molecule has 25 heavy (non-hydrogen) atoms. The Morgan fingerprint density at radius 1 is 1.40 bits per heavy atom. The Labute approximate surface area is 142 Å². The molecule has 1 atom stereocenters. The van der Waals surface area contributed by atoms with Crippen molar-refractivity contribution in [3.8, 4) is 0 Å². The van der Waals surface area contributed by atoms with E-state index in [1.807, 2.05) is 0 Å². The van der Waals surface area contributed by atoms with E-state index in [1.54, 1.807) is 14.0 Å². The zero-order valence-corrected chi connectivity index (χ0v) is 13.7. The number of aromatic nitrogens is 3. The number of aliphatic hydroxyl groups excluding tert-OH is 1. The number of hydrogen-bond donors (Lipinski definition) is 3. The first-order valence-corrected chi connectivity index (χ1v) is 7.65. The first kappa shape index (κ1) is 16.8. The lowest BCUT2D eigenvalue weighted by atomic mass is 10.1. The van der Waals surface area contributed by atoms with Crippen molar-refractivity contribution in [1.82, 2.24) is 20.1 Å². The van der Waals surface area contributed by atoms with Crippen LogP contribution in [0.4, 0.5) is 4.39 Å². The molecule has 0 bridgehead atoms. The fourth-order valence-corrected chi connectivity index (χ4v) is 2.65. The third-order valence-corrected chi connectivity index (χ3v) is 3.90. The number of carbonyl (C=O) groups excluding carboxylic acids is 1. The normalized spacial score (nSPS) is 12.3. The van der Waals surface area contributed by atoms with Crippen molar-refractivity contribution in [2.45, 2.75) is 13.0 Å². The highest BCUT2D eigenvalue weighted by Gasteiger charge is 2.18. The van der Waals surface area contributed by atoms with Crippen molar-refractivity contribution in [2.75, 3.05) is 6.54 Å². The molecule has 0 aliphatic carbocycles. The fourth-order valence-electron chi connectivity index (χ4n) is 2.65. The SMILES string of the molecule is Cc1cc(C(=O)NCC(O)c2ccc(F)cc2)c2c(=O)[nH]n(C)c2n1. The van der Waals surface area contributed by atoms with Crippen LogP contribution in [-0.4, -0.2) is 32.3 Å². The molecule has 0 spiro atoms. The third kappa shape index (κ3) is 3.29. The van der Waals surface area contributed by atoms with Crippen molar-refractivity contribution in [2.24, 2.45) is 7.05 Å². The van der Waals surface area contributed by atoms with Gasteiger partial charge in [-0.3, -0.25) is 19.4 Å². The molecule has 1 amide bonds. The van der Waals surface area contributed by atoms with E-state index in [2.05, 4.69) is 15.4 Å². The van der Waals surface area contributed by atoms with Crippen LogP contribution in [0, 0.1) is 12.7 Å². The van der Waals surface area contributed by atoms with Gasteiger partial charge in [-0.25, -0.2) is 9.37 Å². The zero-order valence-electron chi connectivity index (χ0n) is 13.7. The summed E-state index contributed by atoms with van der Waals surface area (Å²) >= 11 is 0. The number of H-pyrrole nitrogens is 1. The number of rotatable bonds is 4. The number of nitrogens with one attached hydrogen (secondary N) is 2. The van der Waals surface area contributed by atoms with Gasteiger partial charge in [0.05, 0.1) is 17.1 Å². The molecule has 3 N–H and O–H groups in total. The number of pyridine rings is 1. The Bertz CT molecular complexity index is 992. The Hall–Kier alpha value is -3.00. The molecule has 2 aromatic heterocycles. The molecular weight excluding hydrogens is 327 g/mol. The number of aliphatic hydroxyl groups is 1. The standard InChI is InChI=1S/C17H17FN4O3/c1-9-7-12(14-15(20-9)22(2)21-17(14)25)16(24)19-8-13(23)10-3-5-11(18)6-4-10/h3-7,13,23H,8H2,1-2H3,(H,19,24)(H,21,25). The molecule has 7 nitrogen and oxygen atoms in total. The fraction of sp³-hybridized carbons (Fsp3) is 0.235. The molecule has 1 unspecified atom stereocenters. The van der Waals surface area contributed by atoms with Crippen LogP contribution >= 0.6 is 0 Å². The summed E-state index contributed by atoms with van der Waals surface area (Å²) in [6, 6.07) is 6.89. The maximum Gasteiger partial charge on any atom is 0.274 e. The molecular formula is C17H17FN4O3. The monoisotopic (exact) mass is 344 g/mol. The molecule has 3 aromatic rings. The Kier molecular flexibility index (Phi) is 4.37. The van der Waals surface area contributed by atoms with Crippen LogP contribution in [0.2, 0.25) is 0 Å². The Balaban J connectivity index is 1.83. The lowest BCUT2D eigenvalue weighted by Crippen LogP contribution is -2.29. The molecule has 130 valence electrons. The minimum Gasteiger partial charge on any atom is -0.387 e. The highest BCUT2D eigenvalue weighted by atomic mass is 19.1. The summed E-state index contributed by atoms with van der Waals surface area (Å²) in [5.41, 5.74) is 1.24. The highest BCUT2D eigenvalue weighted by molar-refractivity contribution is 6.05. The Morgan fingerprint density at radius 2 is 2.08 bits per heavy atom. The van der Waals surface area contributed by atoms with E-state index in [0.717, 1.165) is 0 Å². The van der Waals surface area contributed by atoms with E-state index in [4.69, 9.17) is 0 Å². The molecule has 0 fully saturated rings. The van der Waals surface area contributed by atoms with E-state index in [0.29, 0.717) is 16.9 Å². The number of hydrogen-bond acceptors (Lipinski definition) is 4. The second-order valence-electron chi connectivity index (χ2n) is 5.79. The number of amides is 1. The highest BCUT2D eigenvalue weighted by Crippen LogP contribution is 2.16. The maximum absolute atomic E-state index is 12.9. The topological polar surface area (TPSA) is 100 Å². The first-order chi connectivity index (χ1) is 11.9. The molecule has 8 heteroatoms. The number of fused-ring (bicyclic) bond motifs is 1. The van der Waals surface area contributed by atoms with Gasteiger partial charge in [0.2, 0.25) is 0 Å². The van der Waals surface area contributed by atoms with Gasteiger partial charge in [-0.2, -0.15) is 0 Å². The predicted octanol–water partition coefficient (Wildman–Crippen LogP) is 1.17. The van der Waals surface area contributed by atoms with Crippen molar-refractivity contribution in [3.63, 3.8) is 0 Å². The quantitative estimate of drug-likeness (QED) is 0.661. The van der Waals surface area contributed by atoms with Crippen LogP contribution in [0.25, 0.3) is 11.0 Å². The third-order valence-electron chi connectivity index (χ3n) is 3.90. The summed E-state index contributed by atoms with van der Waals surface area (Å²) in [4.78, 5) is 28.8. The van der Waals surface area contributed by atoms with Gasteiger partial charge in [0.15, 0.2) is 5.65 Å². The van der Waals surface area contributed by atoms with Gasteiger partial charge in [0.1, 0.15) is 5.82 Å². The van der Waals surface area contributed by atoms with Gasteiger partial charge in [-0.15, -0.1) is 0 Å². The molecule has 0 aliphatic heterocycles. The van der Waals surface area contributed by atoms with E-state index in [-0.39, 0.29) is 17.5 Å². The second-order valence-corrected chi connectivity index (χ2v) is 5.79. The van der Waals surface area contributed by atoms with Crippen LogP contribution in [-0.2, 0) is 7.05 Å². The van der Waals surface area contributed by atoms with E-state index < -0.39 is 23.4 Å². The van der Waals surface area contributed by atoms with Gasteiger partial charge >= 0.3 is 0 Å². The average molecular weight is 344 g/mol. The van der Waals surface area contributed by atoms with Gasteiger partial charge in [-0.1, -0.05) is 12.1 Å². The van der Waals surface area contributed by atoms with Crippen LogP contribution in [0.1, 0.15) is 27.7 Å². The minimum absolute atomic E-state index is 0.0714. The lowest BCUT2D eigenvalue weighted by Gasteiger charge is -2.13. The van der Waals surface area contributed by atoms with Crippen LogP contribution < -0.4 is 10.9 Å². The number of halogens is 1. The maximum atomic E-state index is 12.9.